The Morgan fingerprint density at radius 2 is 0.982 bits per heavy atom. The van der Waals surface area contributed by atoms with Crippen LogP contribution in [0.4, 0.5) is 0 Å². The van der Waals surface area contributed by atoms with Crippen molar-refractivity contribution < 1.29 is 37.9 Å². The van der Waals surface area contributed by atoms with Gasteiger partial charge in [-0.05, 0) is 83.5 Å². The molecule has 0 fully saturated rings. The van der Waals surface area contributed by atoms with Crippen LogP contribution >= 0.6 is 7.82 Å². The normalized spacial score (nSPS) is 14.0. The van der Waals surface area contributed by atoms with E-state index in [0.29, 0.717) is 12.8 Å². The highest BCUT2D eigenvalue weighted by Crippen LogP contribution is 2.42. The molecule has 3 N–H and O–H groups in total. The lowest BCUT2D eigenvalue weighted by atomic mass is 10.1. The first kappa shape index (κ1) is 53.5. The average molecular weight is 806 g/mol. The maximum Gasteiger partial charge on any atom is 0.472 e. The number of phosphoric ester groups is 1. The minimum atomic E-state index is -4.43. The first-order chi connectivity index (χ1) is 27.3. The molecule has 0 heterocycles. The summed E-state index contributed by atoms with van der Waals surface area (Å²) < 4.78 is 26.8. The third-order valence-corrected chi connectivity index (χ3v) is 9.84. The predicted molar refractivity (Wildman–Crippen MR) is 233 cm³/mol. The Bertz CT molecular complexity index is 1150. The lowest BCUT2D eigenvalue weighted by Gasteiger charge is -2.15. The van der Waals surface area contributed by atoms with Gasteiger partial charge in [-0.15, -0.1) is 0 Å². The Labute approximate surface area is 341 Å². The second-order valence-corrected chi connectivity index (χ2v) is 15.8. The predicted octanol–water partition coefficient (Wildman–Crippen LogP) is 12.3. The molecule has 56 heavy (non-hydrogen) atoms. The fraction of sp³-hybridized carbons (Fsp3) is 0.696. The molecule has 322 valence electrons. The molecule has 9 nitrogen and oxygen atoms in total. The van der Waals surface area contributed by atoms with Crippen molar-refractivity contribution in [1.29, 1.82) is 0 Å². The maximum absolute atomic E-state index is 12.1. The largest absolute Gasteiger partial charge is 0.472 e. The van der Waals surface area contributed by atoms with Crippen LogP contribution in [0, 0.1) is 0 Å². The molecule has 0 bridgehead atoms. The molecule has 0 radical (unpaired) electrons. The second kappa shape index (κ2) is 42.1. The molecule has 0 aromatic rings. The van der Waals surface area contributed by atoms with Gasteiger partial charge in [-0.25, -0.2) is 4.57 Å². The molecule has 10 heteroatoms. The molecular weight excluding hydrogens is 725 g/mol. The van der Waals surface area contributed by atoms with Gasteiger partial charge in [-0.3, -0.25) is 18.6 Å². The van der Waals surface area contributed by atoms with Gasteiger partial charge in [0.05, 0.1) is 13.2 Å². The van der Waals surface area contributed by atoms with Crippen molar-refractivity contribution in [2.24, 2.45) is 0 Å². The third kappa shape index (κ3) is 42.6. The van der Waals surface area contributed by atoms with E-state index in [9.17, 15) is 24.2 Å². The minimum Gasteiger partial charge on any atom is -0.463 e. The molecule has 0 saturated carbocycles. The first-order valence-corrected chi connectivity index (χ1v) is 23.4. The molecule has 0 aliphatic carbocycles. The van der Waals surface area contributed by atoms with E-state index in [2.05, 4.69) is 92.1 Å². The van der Waals surface area contributed by atoms with Crippen molar-refractivity contribution in [3.8, 4) is 0 Å². The Hall–Kier alpha value is -2.55. The van der Waals surface area contributed by atoms with Crippen molar-refractivity contribution in [3.05, 3.63) is 72.9 Å². The van der Waals surface area contributed by atoms with Gasteiger partial charge in [-0.1, -0.05) is 151 Å². The van der Waals surface area contributed by atoms with Gasteiger partial charge in [0.1, 0.15) is 12.7 Å². The number of phosphoric acid groups is 1. The molecule has 1 amide bonds. The van der Waals surface area contributed by atoms with E-state index in [-0.39, 0.29) is 32.1 Å². The SMILES string of the molecule is CCCC/C=C\C/C=C\CCCCCCCC(=O)OCC(O)COP(=O)(O)OCCNC(=O)CCCCCCC/C=C\C/C=C\C/C=C\C/C=C\CCCCC. The van der Waals surface area contributed by atoms with Gasteiger partial charge >= 0.3 is 13.8 Å². The van der Waals surface area contributed by atoms with E-state index >= 15 is 0 Å². The van der Waals surface area contributed by atoms with Crippen LogP contribution in [0.2, 0.25) is 0 Å². The van der Waals surface area contributed by atoms with Crippen molar-refractivity contribution in [3.63, 3.8) is 0 Å². The highest BCUT2D eigenvalue weighted by Gasteiger charge is 2.23. The fourth-order valence-electron chi connectivity index (χ4n) is 5.50. The molecular formula is C46H80NO8P. The van der Waals surface area contributed by atoms with Gasteiger partial charge in [-0.2, -0.15) is 0 Å². The van der Waals surface area contributed by atoms with Crippen LogP contribution in [0.25, 0.3) is 0 Å². The van der Waals surface area contributed by atoms with Crippen LogP contribution in [0.5, 0.6) is 0 Å². The molecule has 2 unspecified atom stereocenters. The van der Waals surface area contributed by atoms with Crippen molar-refractivity contribution in [2.45, 2.75) is 180 Å². The zero-order valence-electron chi connectivity index (χ0n) is 35.3. The number of hydrogen-bond acceptors (Lipinski definition) is 7. The van der Waals surface area contributed by atoms with E-state index < -0.39 is 26.5 Å². The zero-order chi connectivity index (χ0) is 41.1. The summed E-state index contributed by atoms with van der Waals surface area (Å²) in [6.07, 6.45) is 51.1. The fourth-order valence-corrected chi connectivity index (χ4v) is 6.25. The number of aliphatic hydroxyl groups is 1. The summed E-state index contributed by atoms with van der Waals surface area (Å²) in [5, 5.41) is 12.7. The topological polar surface area (TPSA) is 131 Å². The summed E-state index contributed by atoms with van der Waals surface area (Å²) >= 11 is 0. The number of rotatable bonds is 40. The van der Waals surface area contributed by atoms with Crippen LogP contribution in [0.3, 0.4) is 0 Å². The Morgan fingerprint density at radius 1 is 0.554 bits per heavy atom. The number of nitrogens with one attached hydrogen (secondary N) is 1. The molecule has 0 aliphatic heterocycles. The Morgan fingerprint density at radius 3 is 1.50 bits per heavy atom. The molecule has 0 spiro atoms. The number of carbonyl (C=O) groups is 2. The number of ether oxygens (including phenoxy) is 1. The van der Waals surface area contributed by atoms with E-state index in [1.165, 1.54) is 38.5 Å². The number of carbonyl (C=O) groups excluding carboxylic acids is 2. The summed E-state index contributed by atoms with van der Waals surface area (Å²) in [5.41, 5.74) is 0. The van der Waals surface area contributed by atoms with Crippen molar-refractivity contribution in [2.75, 3.05) is 26.4 Å². The Balaban J connectivity index is 3.67. The third-order valence-electron chi connectivity index (χ3n) is 8.86. The number of esters is 1. The molecule has 2 atom stereocenters. The van der Waals surface area contributed by atoms with E-state index in [1.807, 2.05) is 0 Å². The van der Waals surface area contributed by atoms with E-state index in [1.54, 1.807) is 0 Å². The van der Waals surface area contributed by atoms with Crippen molar-refractivity contribution in [1.82, 2.24) is 5.32 Å². The van der Waals surface area contributed by atoms with Gasteiger partial charge in [0.15, 0.2) is 0 Å². The van der Waals surface area contributed by atoms with Crippen LogP contribution < -0.4 is 5.32 Å². The van der Waals surface area contributed by atoms with Gasteiger partial charge < -0.3 is 20.1 Å². The maximum atomic E-state index is 12.1. The smallest absolute Gasteiger partial charge is 0.463 e. The van der Waals surface area contributed by atoms with Gasteiger partial charge in [0.25, 0.3) is 0 Å². The number of unbranched alkanes of at least 4 members (excludes halogenated alkanes) is 15. The monoisotopic (exact) mass is 806 g/mol. The summed E-state index contributed by atoms with van der Waals surface area (Å²) in [5.74, 6) is -0.554. The Kier molecular flexibility index (Phi) is 40.2. The second-order valence-electron chi connectivity index (χ2n) is 14.3. The first-order valence-electron chi connectivity index (χ1n) is 21.9. The lowest BCUT2D eigenvalue weighted by molar-refractivity contribution is -0.147. The number of hydrogen-bond donors (Lipinski definition) is 3. The van der Waals surface area contributed by atoms with Gasteiger partial charge in [0.2, 0.25) is 5.91 Å². The van der Waals surface area contributed by atoms with Crippen molar-refractivity contribution >= 4 is 19.7 Å². The van der Waals surface area contributed by atoms with Crippen LogP contribution in [-0.4, -0.2) is 54.3 Å². The molecule has 0 saturated heterocycles. The number of amides is 1. The minimum absolute atomic E-state index is 0.0656. The molecule has 0 aliphatic rings. The lowest BCUT2D eigenvalue weighted by Crippen LogP contribution is -2.27. The van der Waals surface area contributed by atoms with E-state index in [4.69, 9.17) is 13.8 Å². The average Bonchev–Trinajstić information content (AvgIpc) is 3.18. The standard InChI is InChI=1S/C46H80NO8P/c1-3-5-7-9-11-13-15-17-19-20-21-22-23-24-25-26-28-30-32-34-36-38-45(49)47-40-41-54-56(51,52)55-43-44(48)42-53-46(50)39-37-35-33-31-29-27-18-16-14-12-10-8-6-4-2/h10-13,16-19,21-22,24-25,44,48H,3-9,14-15,20,23,26-43H2,1-2H3,(H,47,49)(H,51,52)/b12-10-,13-11-,18-16-,19-17-,22-21-,25-24-. The highest BCUT2D eigenvalue weighted by molar-refractivity contribution is 7.47. The quantitative estimate of drug-likeness (QED) is 0.0241. The molecule has 0 rings (SSSR count). The van der Waals surface area contributed by atoms with E-state index in [0.717, 1.165) is 103 Å². The number of allylic oxidation sites excluding steroid dienone is 12. The summed E-state index contributed by atoms with van der Waals surface area (Å²) in [7, 11) is -4.43. The molecule has 0 aromatic carbocycles. The number of aliphatic hydroxyl groups excluding tert-OH is 1. The van der Waals surface area contributed by atoms with Crippen LogP contribution in [-0.2, 0) is 27.9 Å². The zero-order valence-corrected chi connectivity index (χ0v) is 36.2. The van der Waals surface area contributed by atoms with Gasteiger partial charge in [0, 0.05) is 19.4 Å². The summed E-state index contributed by atoms with van der Waals surface area (Å²) in [6.45, 7) is 3.43. The molecule has 0 aromatic heterocycles. The van der Waals surface area contributed by atoms with Crippen LogP contribution in [0.15, 0.2) is 72.9 Å². The summed E-state index contributed by atoms with van der Waals surface area (Å²) in [6, 6.07) is 0. The highest BCUT2D eigenvalue weighted by atomic mass is 31.2. The van der Waals surface area contributed by atoms with Crippen LogP contribution in [0.1, 0.15) is 174 Å². The summed E-state index contributed by atoms with van der Waals surface area (Å²) in [4.78, 5) is 33.9.